The second-order valence-electron chi connectivity index (χ2n) is 3.89. The third-order valence-electron chi connectivity index (χ3n) is 2.51. The van der Waals surface area contributed by atoms with E-state index in [1.54, 1.807) is 0 Å². The molecule has 0 radical (unpaired) electrons. The molecule has 1 aromatic carbocycles. The van der Waals surface area contributed by atoms with E-state index >= 15 is 0 Å². The third-order valence-corrected chi connectivity index (χ3v) is 3.37. The van der Waals surface area contributed by atoms with Gasteiger partial charge in [-0.05, 0) is 52.9 Å². The monoisotopic (exact) mass is 339 g/mol. The fourth-order valence-electron chi connectivity index (χ4n) is 1.65. The van der Waals surface area contributed by atoms with Crippen LogP contribution in [0.1, 0.15) is 5.69 Å². The van der Waals surface area contributed by atoms with Gasteiger partial charge in [0.25, 0.3) is 0 Å². The van der Waals surface area contributed by atoms with Crippen LogP contribution in [0.15, 0.2) is 42.6 Å². The molecule has 0 unspecified atom stereocenters. The topological polar surface area (TPSA) is 42.2 Å². The number of nitrogens with two attached hydrogens (primary N) is 1. The van der Waals surface area contributed by atoms with E-state index in [0.29, 0.717) is 0 Å². The molecule has 2 aromatic rings. The minimum atomic E-state index is 0.792. The van der Waals surface area contributed by atoms with Gasteiger partial charge in [-0.15, -0.1) is 0 Å². The summed E-state index contributed by atoms with van der Waals surface area (Å²) in [5, 5.41) is 0. The maximum absolute atomic E-state index is 5.74. The first-order valence-electron chi connectivity index (χ1n) is 5.33. The smallest absolute Gasteiger partial charge is 0.0599 e. The highest BCUT2D eigenvalue weighted by molar-refractivity contribution is 14.1. The van der Waals surface area contributed by atoms with Gasteiger partial charge in [-0.1, -0.05) is 6.07 Å². The van der Waals surface area contributed by atoms with Crippen LogP contribution in [-0.2, 0) is 6.54 Å². The molecule has 0 spiro atoms. The van der Waals surface area contributed by atoms with Gasteiger partial charge in [-0.3, -0.25) is 4.98 Å². The maximum atomic E-state index is 5.74. The van der Waals surface area contributed by atoms with Crippen molar-refractivity contribution >= 4 is 34.0 Å². The maximum Gasteiger partial charge on any atom is 0.0599 e. The summed E-state index contributed by atoms with van der Waals surface area (Å²) in [4.78, 5) is 6.49. The van der Waals surface area contributed by atoms with Crippen LogP contribution in [0.4, 0.5) is 11.4 Å². The van der Waals surface area contributed by atoms with Crippen LogP contribution in [0, 0.1) is 3.57 Å². The number of aromatic nitrogens is 1. The Labute approximate surface area is 115 Å². The molecule has 0 atom stereocenters. The van der Waals surface area contributed by atoms with Crippen LogP contribution >= 0.6 is 22.6 Å². The summed E-state index contributed by atoms with van der Waals surface area (Å²) in [6, 6.07) is 11.9. The van der Waals surface area contributed by atoms with Crippen molar-refractivity contribution in [3.05, 3.63) is 51.9 Å². The Morgan fingerprint density at radius 2 is 2.12 bits per heavy atom. The Kier molecular flexibility index (Phi) is 3.83. The van der Waals surface area contributed by atoms with E-state index in [0.717, 1.165) is 21.5 Å². The SMILES string of the molecule is CN(Cc1ccccn1)c1ccc(N)cc1I. The number of benzene rings is 1. The largest absolute Gasteiger partial charge is 0.399 e. The normalized spacial score (nSPS) is 10.2. The first-order valence-corrected chi connectivity index (χ1v) is 6.41. The molecule has 2 N–H and O–H groups in total. The van der Waals surface area contributed by atoms with Crippen LogP contribution < -0.4 is 10.6 Å². The number of anilines is 2. The molecular weight excluding hydrogens is 325 g/mol. The molecule has 88 valence electrons. The Hall–Kier alpha value is -1.30. The highest BCUT2D eigenvalue weighted by atomic mass is 127. The minimum Gasteiger partial charge on any atom is -0.399 e. The van der Waals surface area contributed by atoms with Crippen LogP contribution in [-0.4, -0.2) is 12.0 Å². The van der Waals surface area contributed by atoms with Gasteiger partial charge >= 0.3 is 0 Å². The van der Waals surface area contributed by atoms with Gasteiger partial charge in [-0.25, -0.2) is 0 Å². The van der Waals surface area contributed by atoms with Gasteiger partial charge < -0.3 is 10.6 Å². The van der Waals surface area contributed by atoms with Crippen molar-refractivity contribution < 1.29 is 0 Å². The Morgan fingerprint density at radius 3 is 2.76 bits per heavy atom. The lowest BCUT2D eigenvalue weighted by molar-refractivity contribution is 0.882. The molecule has 1 aromatic heterocycles. The second kappa shape index (κ2) is 5.35. The van der Waals surface area contributed by atoms with Crippen molar-refractivity contribution in [3.63, 3.8) is 0 Å². The van der Waals surface area contributed by atoms with Crippen molar-refractivity contribution in [1.29, 1.82) is 0 Å². The van der Waals surface area contributed by atoms with Crippen molar-refractivity contribution in [1.82, 2.24) is 4.98 Å². The molecule has 2 rings (SSSR count). The van der Waals surface area contributed by atoms with E-state index in [-0.39, 0.29) is 0 Å². The Balaban J connectivity index is 2.17. The van der Waals surface area contributed by atoms with E-state index in [1.165, 1.54) is 5.69 Å². The van der Waals surface area contributed by atoms with E-state index in [9.17, 15) is 0 Å². The molecule has 0 bridgehead atoms. The molecule has 0 aliphatic rings. The first-order chi connectivity index (χ1) is 8.16. The zero-order valence-corrected chi connectivity index (χ0v) is 11.8. The quantitative estimate of drug-likeness (QED) is 0.691. The minimum absolute atomic E-state index is 0.792. The number of halogens is 1. The lowest BCUT2D eigenvalue weighted by Crippen LogP contribution is -2.18. The highest BCUT2D eigenvalue weighted by Gasteiger charge is 2.06. The summed E-state index contributed by atoms with van der Waals surface area (Å²) in [7, 11) is 2.06. The molecule has 0 aliphatic carbocycles. The lowest BCUT2D eigenvalue weighted by atomic mass is 10.2. The zero-order valence-electron chi connectivity index (χ0n) is 9.60. The van der Waals surface area contributed by atoms with E-state index in [2.05, 4.69) is 39.5 Å². The molecule has 3 nitrogen and oxygen atoms in total. The van der Waals surface area contributed by atoms with Crippen LogP contribution in [0.5, 0.6) is 0 Å². The molecule has 0 saturated heterocycles. The molecule has 1 heterocycles. The van der Waals surface area contributed by atoms with Gasteiger partial charge in [0.2, 0.25) is 0 Å². The van der Waals surface area contributed by atoms with Crippen molar-refractivity contribution in [2.24, 2.45) is 0 Å². The van der Waals surface area contributed by atoms with E-state index < -0.39 is 0 Å². The fourth-order valence-corrected chi connectivity index (χ4v) is 2.60. The number of nitrogens with zero attached hydrogens (tertiary/aromatic N) is 2. The van der Waals surface area contributed by atoms with Crippen LogP contribution in [0.25, 0.3) is 0 Å². The second-order valence-corrected chi connectivity index (χ2v) is 5.05. The number of rotatable bonds is 3. The molecule has 17 heavy (non-hydrogen) atoms. The standard InChI is InChI=1S/C13H14IN3/c1-17(9-11-4-2-3-7-16-11)13-6-5-10(15)8-12(13)14/h2-8H,9,15H2,1H3. The highest BCUT2D eigenvalue weighted by Crippen LogP contribution is 2.24. The lowest BCUT2D eigenvalue weighted by Gasteiger charge is -2.20. The van der Waals surface area contributed by atoms with Gasteiger partial charge in [-0.2, -0.15) is 0 Å². The summed E-state index contributed by atoms with van der Waals surface area (Å²) in [6.45, 7) is 0.792. The van der Waals surface area contributed by atoms with Crippen molar-refractivity contribution in [2.45, 2.75) is 6.54 Å². The Morgan fingerprint density at radius 1 is 1.29 bits per heavy atom. The van der Waals surface area contributed by atoms with Crippen molar-refractivity contribution in [3.8, 4) is 0 Å². The number of pyridine rings is 1. The van der Waals surface area contributed by atoms with Gasteiger partial charge in [0.05, 0.1) is 17.9 Å². The summed E-state index contributed by atoms with van der Waals surface area (Å²) >= 11 is 2.30. The average Bonchev–Trinajstić information content (AvgIpc) is 2.30. The predicted octanol–water partition coefficient (Wildman–Crippen LogP) is 2.90. The molecular formula is C13H14IN3. The van der Waals surface area contributed by atoms with Gasteiger partial charge in [0.1, 0.15) is 0 Å². The Bertz CT molecular complexity index is 499. The summed E-state index contributed by atoms with van der Waals surface area (Å²) in [5.74, 6) is 0. The number of hydrogen-bond donors (Lipinski definition) is 1. The van der Waals surface area contributed by atoms with E-state index in [4.69, 9.17) is 5.73 Å². The van der Waals surface area contributed by atoms with Crippen LogP contribution in [0.3, 0.4) is 0 Å². The van der Waals surface area contributed by atoms with E-state index in [1.807, 2.05) is 42.6 Å². The fraction of sp³-hybridized carbons (Fsp3) is 0.154. The number of hydrogen-bond acceptors (Lipinski definition) is 3. The van der Waals surface area contributed by atoms with Gasteiger partial charge in [0, 0.05) is 22.5 Å². The van der Waals surface area contributed by atoms with Crippen molar-refractivity contribution in [2.75, 3.05) is 17.7 Å². The predicted molar refractivity (Wildman–Crippen MR) is 79.9 cm³/mol. The molecule has 0 saturated carbocycles. The summed E-state index contributed by atoms with van der Waals surface area (Å²) in [5.41, 5.74) is 8.77. The zero-order chi connectivity index (χ0) is 12.3. The average molecular weight is 339 g/mol. The molecule has 4 heteroatoms. The third kappa shape index (κ3) is 3.09. The first kappa shape index (κ1) is 12.2. The summed E-state index contributed by atoms with van der Waals surface area (Å²) < 4.78 is 1.15. The molecule has 0 aliphatic heterocycles. The molecule has 0 amide bonds. The van der Waals surface area contributed by atoms with Crippen LogP contribution in [0.2, 0.25) is 0 Å². The number of nitrogen functional groups attached to an aromatic ring is 1. The van der Waals surface area contributed by atoms with Gasteiger partial charge in [0.15, 0.2) is 0 Å². The summed E-state index contributed by atoms with van der Waals surface area (Å²) in [6.07, 6.45) is 1.82. The molecule has 0 fully saturated rings.